The zero-order valence-electron chi connectivity index (χ0n) is 10.9. The van der Waals surface area contributed by atoms with Gasteiger partial charge in [-0.15, -0.1) is 0 Å². The fourth-order valence-corrected chi connectivity index (χ4v) is 1.93. The summed E-state index contributed by atoms with van der Waals surface area (Å²) in [5, 5.41) is 13.4. The molecule has 0 fully saturated rings. The standard InChI is InChI=1S/C14H23NO2/c1-4-13(15-11(2)9-10-17-3)12-7-5-6-8-14(12)16/h5-8,11,13,15-16H,4,9-10H2,1-3H3. The zero-order valence-corrected chi connectivity index (χ0v) is 10.9. The van der Waals surface area contributed by atoms with E-state index in [1.807, 2.05) is 18.2 Å². The molecule has 0 saturated heterocycles. The Hall–Kier alpha value is -1.06. The molecule has 0 aliphatic heterocycles. The molecule has 0 amide bonds. The third-order valence-electron chi connectivity index (χ3n) is 2.96. The number of para-hydroxylation sites is 1. The van der Waals surface area contributed by atoms with Gasteiger partial charge in [0.2, 0.25) is 0 Å². The summed E-state index contributed by atoms with van der Waals surface area (Å²) in [4.78, 5) is 0. The Morgan fingerprint density at radius 2 is 2.06 bits per heavy atom. The van der Waals surface area contributed by atoms with E-state index >= 15 is 0 Å². The van der Waals surface area contributed by atoms with Gasteiger partial charge in [0.1, 0.15) is 5.75 Å². The molecular weight excluding hydrogens is 214 g/mol. The quantitative estimate of drug-likeness (QED) is 0.766. The van der Waals surface area contributed by atoms with Gasteiger partial charge in [-0.25, -0.2) is 0 Å². The van der Waals surface area contributed by atoms with Crippen molar-refractivity contribution in [2.45, 2.75) is 38.8 Å². The van der Waals surface area contributed by atoms with Crippen LogP contribution in [0.3, 0.4) is 0 Å². The second-order valence-electron chi connectivity index (χ2n) is 4.37. The molecule has 1 rings (SSSR count). The number of aromatic hydroxyl groups is 1. The van der Waals surface area contributed by atoms with Gasteiger partial charge < -0.3 is 15.2 Å². The molecule has 0 bridgehead atoms. The Labute approximate surface area is 104 Å². The Morgan fingerprint density at radius 1 is 1.35 bits per heavy atom. The van der Waals surface area contributed by atoms with Gasteiger partial charge in [0.25, 0.3) is 0 Å². The van der Waals surface area contributed by atoms with Crippen LogP contribution in [0.4, 0.5) is 0 Å². The molecule has 0 aliphatic carbocycles. The molecule has 2 atom stereocenters. The summed E-state index contributed by atoms with van der Waals surface area (Å²) < 4.78 is 5.07. The molecule has 2 unspecified atom stereocenters. The zero-order chi connectivity index (χ0) is 12.7. The fraction of sp³-hybridized carbons (Fsp3) is 0.571. The van der Waals surface area contributed by atoms with Crippen LogP contribution in [0.1, 0.15) is 38.3 Å². The molecular formula is C14H23NO2. The summed E-state index contributed by atoms with van der Waals surface area (Å²) in [5.74, 6) is 0.366. The molecule has 0 aliphatic rings. The van der Waals surface area contributed by atoms with Crippen LogP contribution in [-0.4, -0.2) is 24.9 Å². The summed E-state index contributed by atoms with van der Waals surface area (Å²) in [5.41, 5.74) is 0.972. The van der Waals surface area contributed by atoms with E-state index in [0.29, 0.717) is 11.8 Å². The van der Waals surface area contributed by atoms with E-state index < -0.39 is 0 Å². The molecule has 0 radical (unpaired) electrons. The van der Waals surface area contributed by atoms with Crippen molar-refractivity contribution in [1.29, 1.82) is 0 Å². The molecule has 17 heavy (non-hydrogen) atoms. The molecule has 0 heterocycles. The van der Waals surface area contributed by atoms with Gasteiger partial charge in [0.05, 0.1) is 0 Å². The van der Waals surface area contributed by atoms with Crippen LogP contribution in [0, 0.1) is 0 Å². The highest BCUT2D eigenvalue weighted by Gasteiger charge is 2.15. The number of methoxy groups -OCH3 is 1. The second-order valence-corrected chi connectivity index (χ2v) is 4.37. The number of phenolic OH excluding ortho intramolecular Hbond substituents is 1. The molecule has 0 saturated carbocycles. The van der Waals surface area contributed by atoms with Crippen molar-refractivity contribution in [1.82, 2.24) is 5.32 Å². The van der Waals surface area contributed by atoms with Crippen LogP contribution in [0.2, 0.25) is 0 Å². The molecule has 3 nitrogen and oxygen atoms in total. The lowest BCUT2D eigenvalue weighted by molar-refractivity contribution is 0.182. The van der Waals surface area contributed by atoms with Gasteiger partial charge in [-0.05, 0) is 25.8 Å². The minimum Gasteiger partial charge on any atom is -0.508 e. The first-order chi connectivity index (χ1) is 8.19. The van der Waals surface area contributed by atoms with Gasteiger partial charge in [0.15, 0.2) is 0 Å². The van der Waals surface area contributed by atoms with E-state index in [2.05, 4.69) is 19.2 Å². The van der Waals surface area contributed by atoms with Gasteiger partial charge in [-0.1, -0.05) is 25.1 Å². The van der Waals surface area contributed by atoms with Crippen LogP contribution in [0.15, 0.2) is 24.3 Å². The van der Waals surface area contributed by atoms with Crippen molar-refractivity contribution in [3.8, 4) is 5.75 Å². The first-order valence-corrected chi connectivity index (χ1v) is 6.21. The Kier molecular flexibility index (Phi) is 6.01. The van der Waals surface area contributed by atoms with Crippen LogP contribution < -0.4 is 5.32 Å². The number of hydrogen-bond acceptors (Lipinski definition) is 3. The highest BCUT2D eigenvalue weighted by molar-refractivity contribution is 5.34. The Balaban J connectivity index is 2.62. The van der Waals surface area contributed by atoms with Crippen molar-refractivity contribution in [3.63, 3.8) is 0 Å². The van der Waals surface area contributed by atoms with Crippen molar-refractivity contribution in [2.75, 3.05) is 13.7 Å². The minimum atomic E-state index is 0.197. The summed E-state index contributed by atoms with van der Waals surface area (Å²) in [7, 11) is 1.72. The largest absolute Gasteiger partial charge is 0.508 e. The van der Waals surface area contributed by atoms with Crippen molar-refractivity contribution in [2.24, 2.45) is 0 Å². The van der Waals surface area contributed by atoms with Crippen LogP contribution >= 0.6 is 0 Å². The molecule has 0 spiro atoms. The summed E-state index contributed by atoms with van der Waals surface area (Å²) in [6.07, 6.45) is 1.93. The normalized spacial score (nSPS) is 14.5. The number of benzene rings is 1. The summed E-state index contributed by atoms with van der Waals surface area (Å²) in [6, 6.07) is 8.08. The maximum absolute atomic E-state index is 9.84. The van der Waals surface area contributed by atoms with Crippen LogP contribution in [-0.2, 0) is 4.74 Å². The monoisotopic (exact) mass is 237 g/mol. The lowest BCUT2D eigenvalue weighted by Crippen LogP contribution is -2.31. The second kappa shape index (κ2) is 7.30. The van der Waals surface area contributed by atoms with E-state index in [1.165, 1.54) is 0 Å². The van der Waals surface area contributed by atoms with Gasteiger partial charge >= 0.3 is 0 Å². The highest BCUT2D eigenvalue weighted by atomic mass is 16.5. The number of hydrogen-bond donors (Lipinski definition) is 2. The number of phenols is 1. The van der Waals surface area contributed by atoms with E-state index in [1.54, 1.807) is 13.2 Å². The maximum atomic E-state index is 9.84. The third-order valence-corrected chi connectivity index (χ3v) is 2.96. The topological polar surface area (TPSA) is 41.5 Å². The van der Waals surface area contributed by atoms with E-state index in [-0.39, 0.29) is 6.04 Å². The van der Waals surface area contributed by atoms with Gasteiger partial charge in [0, 0.05) is 31.4 Å². The van der Waals surface area contributed by atoms with E-state index in [0.717, 1.165) is 25.0 Å². The molecule has 2 N–H and O–H groups in total. The number of nitrogens with one attached hydrogen (secondary N) is 1. The SMILES string of the molecule is CCC(NC(C)CCOC)c1ccccc1O. The Bertz CT molecular complexity index is 328. The average molecular weight is 237 g/mol. The molecule has 0 aromatic heterocycles. The van der Waals surface area contributed by atoms with Crippen LogP contribution in [0.5, 0.6) is 5.75 Å². The first kappa shape index (κ1) is 14.0. The average Bonchev–Trinajstić information content (AvgIpc) is 2.34. The molecule has 3 heteroatoms. The molecule has 96 valence electrons. The predicted molar refractivity (Wildman–Crippen MR) is 70.2 cm³/mol. The number of rotatable bonds is 7. The van der Waals surface area contributed by atoms with Crippen LogP contribution in [0.25, 0.3) is 0 Å². The van der Waals surface area contributed by atoms with E-state index in [4.69, 9.17) is 4.74 Å². The smallest absolute Gasteiger partial charge is 0.120 e. The minimum absolute atomic E-state index is 0.197. The molecule has 1 aromatic rings. The highest BCUT2D eigenvalue weighted by Crippen LogP contribution is 2.26. The maximum Gasteiger partial charge on any atom is 0.120 e. The third kappa shape index (κ3) is 4.36. The predicted octanol–water partition coefficient (Wildman–Crippen LogP) is 2.86. The summed E-state index contributed by atoms with van der Waals surface area (Å²) in [6.45, 7) is 5.01. The lowest BCUT2D eigenvalue weighted by atomic mass is 10.0. The van der Waals surface area contributed by atoms with Crippen molar-refractivity contribution >= 4 is 0 Å². The van der Waals surface area contributed by atoms with Gasteiger partial charge in [-0.3, -0.25) is 0 Å². The fourth-order valence-electron chi connectivity index (χ4n) is 1.93. The number of ether oxygens (including phenoxy) is 1. The molecule has 1 aromatic carbocycles. The van der Waals surface area contributed by atoms with Crippen molar-refractivity contribution in [3.05, 3.63) is 29.8 Å². The lowest BCUT2D eigenvalue weighted by Gasteiger charge is -2.23. The van der Waals surface area contributed by atoms with Gasteiger partial charge in [-0.2, -0.15) is 0 Å². The summed E-state index contributed by atoms with van der Waals surface area (Å²) >= 11 is 0. The van der Waals surface area contributed by atoms with Crippen molar-refractivity contribution < 1.29 is 9.84 Å². The Morgan fingerprint density at radius 3 is 2.65 bits per heavy atom. The first-order valence-electron chi connectivity index (χ1n) is 6.21. The van der Waals surface area contributed by atoms with E-state index in [9.17, 15) is 5.11 Å².